The minimum absolute atomic E-state index is 0.0142. The van der Waals surface area contributed by atoms with Crippen molar-refractivity contribution in [2.75, 3.05) is 6.54 Å². The van der Waals surface area contributed by atoms with Gasteiger partial charge in [0, 0.05) is 5.70 Å². The fourth-order valence-electron chi connectivity index (χ4n) is 0.291. The van der Waals surface area contributed by atoms with Crippen LogP contribution in [0.5, 0.6) is 0 Å². The molecule has 0 unspecified atom stereocenters. The lowest BCUT2D eigenvalue weighted by Gasteiger charge is -1.93. The molecule has 4 heteroatoms. The highest BCUT2D eigenvalue weighted by Gasteiger charge is 1.85. The second kappa shape index (κ2) is 4.55. The topological polar surface area (TPSA) is 67.5 Å². The summed E-state index contributed by atoms with van der Waals surface area (Å²) in [5.41, 5.74) is 5.58. The van der Waals surface area contributed by atoms with Crippen LogP contribution in [0.3, 0.4) is 0 Å². The molecule has 0 saturated heterocycles. The molecule has 3 N–H and O–H groups in total. The molecule has 0 fully saturated rings. The van der Waals surface area contributed by atoms with E-state index in [0.29, 0.717) is 0 Å². The number of hydrogen-bond donors (Lipinski definition) is 2. The van der Waals surface area contributed by atoms with Crippen molar-refractivity contribution < 1.29 is 4.79 Å². The number of nitrogens with zero attached hydrogens (tertiary/aromatic N) is 1. The molecule has 0 aromatic carbocycles. The number of primary amides is 1. The maximum Gasteiger partial charge on any atom is 0.239 e. The van der Waals surface area contributed by atoms with Gasteiger partial charge in [0.05, 0.1) is 6.34 Å². The first-order valence-corrected chi connectivity index (χ1v) is 2.81. The second-order valence-electron chi connectivity index (χ2n) is 1.86. The molecule has 0 bridgehead atoms. The Hall–Kier alpha value is -1.32. The van der Waals surface area contributed by atoms with Crippen molar-refractivity contribution in [2.45, 2.75) is 6.92 Å². The Balaban J connectivity index is 3.38. The van der Waals surface area contributed by atoms with Crippen LogP contribution in [0.2, 0.25) is 0 Å². The van der Waals surface area contributed by atoms with Crippen molar-refractivity contribution >= 4 is 12.2 Å². The zero-order valence-electron chi connectivity index (χ0n) is 5.92. The van der Waals surface area contributed by atoms with Crippen LogP contribution in [0.4, 0.5) is 0 Å². The average molecular weight is 141 g/mol. The number of rotatable bonds is 4. The minimum Gasteiger partial charge on any atom is -0.368 e. The lowest BCUT2D eigenvalue weighted by Crippen LogP contribution is -2.16. The number of amides is 1. The Morgan fingerprint density at radius 3 is 2.90 bits per heavy atom. The molecular weight excluding hydrogens is 130 g/mol. The van der Waals surface area contributed by atoms with Gasteiger partial charge in [0.1, 0.15) is 6.54 Å². The molecule has 10 heavy (non-hydrogen) atoms. The average Bonchev–Trinajstić information content (AvgIpc) is 1.79. The van der Waals surface area contributed by atoms with E-state index in [9.17, 15) is 4.79 Å². The number of nitrogens with two attached hydrogens (primary N) is 1. The molecule has 0 rings (SSSR count). The Labute approximate surface area is 59.8 Å². The summed E-state index contributed by atoms with van der Waals surface area (Å²) in [4.78, 5) is 13.7. The van der Waals surface area contributed by atoms with Gasteiger partial charge in [0.2, 0.25) is 5.91 Å². The van der Waals surface area contributed by atoms with E-state index >= 15 is 0 Å². The summed E-state index contributed by atoms with van der Waals surface area (Å²) in [5, 5.41) is 2.71. The van der Waals surface area contributed by atoms with Crippen LogP contribution >= 0.6 is 0 Å². The van der Waals surface area contributed by atoms with Crippen LogP contribution in [0.25, 0.3) is 0 Å². The summed E-state index contributed by atoms with van der Waals surface area (Å²) in [6, 6.07) is 0. The molecule has 1 amide bonds. The monoisotopic (exact) mass is 141 g/mol. The first kappa shape index (κ1) is 8.68. The van der Waals surface area contributed by atoms with Gasteiger partial charge in [-0.15, -0.1) is 0 Å². The third-order valence-electron chi connectivity index (χ3n) is 0.649. The predicted molar refractivity (Wildman–Crippen MR) is 40.5 cm³/mol. The number of allylic oxidation sites excluding steroid dienone is 1. The van der Waals surface area contributed by atoms with Crippen LogP contribution in [0.15, 0.2) is 17.3 Å². The fourth-order valence-corrected chi connectivity index (χ4v) is 0.291. The van der Waals surface area contributed by atoms with E-state index in [1.165, 1.54) is 6.34 Å². The molecule has 0 aromatic rings. The van der Waals surface area contributed by atoms with Crippen molar-refractivity contribution in [2.24, 2.45) is 10.7 Å². The summed E-state index contributed by atoms with van der Waals surface area (Å²) >= 11 is 0. The van der Waals surface area contributed by atoms with Gasteiger partial charge in [-0.25, -0.2) is 0 Å². The Morgan fingerprint density at radius 1 is 1.90 bits per heavy atom. The van der Waals surface area contributed by atoms with Crippen molar-refractivity contribution in [3.05, 3.63) is 12.3 Å². The number of carbonyl (C=O) groups excluding carboxylic acids is 1. The first-order valence-electron chi connectivity index (χ1n) is 2.81. The smallest absolute Gasteiger partial charge is 0.239 e. The molecular formula is C6H11N3O. The van der Waals surface area contributed by atoms with Crippen LogP contribution in [0, 0.1) is 0 Å². The summed E-state index contributed by atoms with van der Waals surface area (Å²) in [5.74, 6) is -0.445. The highest BCUT2D eigenvalue weighted by Crippen LogP contribution is 1.72. The molecule has 56 valence electrons. The number of hydrogen-bond acceptors (Lipinski definition) is 2. The molecule has 0 heterocycles. The number of nitrogens with one attached hydrogen (secondary N) is 1. The Morgan fingerprint density at radius 2 is 2.50 bits per heavy atom. The third-order valence-corrected chi connectivity index (χ3v) is 0.649. The summed E-state index contributed by atoms with van der Waals surface area (Å²) in [6.07, 6.45) is 1.40. The van der Waals surface area contributed by atoms with Crippen molar-refractivity contribution in [3.8, 4) is 0 Å². The predicted octanol–water partition coefficient (Wildman–Crippen LogP) is -0.377. The second-order valence-corrected chi connectivity index (χ2v) is 1.86. The van der Waals surface area contributed by atoms with E-state index in [-0.39, 0.29) is 6.54 Å². The van der Waals surface area contributed by atoms with E-state index in [0.717, 1.165) is 5.70 Å². The van der Waals surface area contributed by atoms with E-state index in [1.54, 1.807) is 6.92 Å². The van der Waals surface area contributed by atoms with Crippen molar-refractivity contribution in [1.29, 1.82) is 0 Å². The highest BCUT2D eigenvalue weighted by atomic mass is 16.1. The Kier molecular flexibility index (Phi) is 3.95. The van der Waals surface area contributed by atoms with Gasteiger partial charge in [0.15, 0.2) is 0 Å². The zero-order chi connectivity index (χ0) is 7.98. The lowest BCUT2D eigenvalue weighted by atomic mass is 10.6. The molecule has 0 aliphatic rings. The van der Waals surface area contributed by atoms with Crippen LogP contribution in [-0.2, 0) is 4.79 Å². The minimum atomic E-state index is -0.445. The summed E-state index contributed by atoms with van der Waals surface area (Å²) < 4.78 is 0. The maximum absolute atomic E-state index is 10.1. The number of aliphatic imine (C=N–C) groups is 1. The van der Waals surface area contributed by atoms with Gasteiger partial charge in [-0.2, -0.15) is 0 Å². The SMILES string of the molecule is C=C(C)NC=NCC(N)=O. The number of carbonyl (C=O) groups is 1. The van der Waals surface area contributed by atoms with Gasteiger partial charge in [-0.05, 0) is 6.92 Å². The molecule has 0 aliphatic carbocycles. The fraction of sp³-hybridized carbons (Fsp3) is 0.333. The van der Waals surface area contributed by atoms with E-state index in [4.69, 9.17) is 5.73 Å². The largest absolute Gasteiger partial charge is 0.368 e. The van der Waals surface area contributed by atoms with E-state index in [1.807, 2.05) is 0 Å². The van der Waals surface area contributed by atoms with Gasteiger partial charge in [-0.3, -0.25) is 9.79 Å². The Bertz CT molecular complexity index is 144. The quantitative estimate of drug-likeness (QED) is 0.414. The van der Waals surface area contributed by atoms with Crippen LogP contribution in [0.1, 0.15) is 6.92 Å². The standard InChI is InChI=1S/C6H11N3O/c1-5(2)9-4-8-3-6(7)10/h4H,1,3H2,2H3,(H2,7,10)(H,8,9). The summed E-state index contributed by atoms with van der Waals surface area (Å²) in [7, 11) is 0. The molecule has 0 radical (unpaired) electrons. The van der Waals surface area contributed by atoms with Gasteiger partial charge >= 0.3 is 0 Å². The van der Waals surface area contributed by atoms with Crippen LogP contribution < -0.4 is 11.1 Å². The van der Waals surface area contributed by atoms with Crippen molar-refractivity contribution in [1.82, 2.24) is 5.32 Å². The molecule has 0 spiro atoms. The third kappa shape index (κ3) is 6.68. The molecule has 0 aliphatic heterocycles. The molecule has 0 atom stereocenters. The molecule has 0 aromatic heterocycles. The van der Waals surface area contributed by atoms with Crippen molar-refractivity contribution in [3.63, 3.8) is 0 Å². The van der Waals surface area contributed by atoms with E-state index < -0.39 is 5.91 Å². The normalized spacial score (nSPS) is 9.70. The van der Waals surface area contributed by atoms with Gasteiger partial charge in [0.25, 0.3) is 0 Å². The first-order chi connectivity index (χ1) is 4.63. The lowest BCUT2D eigenvalue weighted by molar-refractivity contribution is -0.116. The molecule has 0 saturated carbocycles. The van der Waals surface area contributed by atoms with Crippen LogP contribution in [-0.4, -0.2) is 18.8 Å². The summed E-state index contributed by atoms with van der Waals surface area (Å²) in [6.45, 7) is 5.36. The molecule has 4 nitrogen and oxygen atoms in total. The maximum atomic E-state index is 10.1. The highest BCUT2D eigenvalue weighted by molar-refractivity contribution is 5.77. The zero-order valence-corrected chi connectivity index (χ0v) is 5.92. The van der Waals surface area contributed by atoms with Gasteiger partial charge in [-0.1, -0.05) is 6.58 Å². The van der Waals surface area contributed by atoms with Gasteiger partial charge < -0.3 is 11.1 Å². The van der Waals surface area contributed by atoms with E-state index in [2.05, 4.69) is 16.9 Å².